The first-order chi connectivity index (χ1) is 11.9. The standard InChI is InChI=1S/C20H20N2O2S/c1-14-8-9-15(2)20(12-14)25(23,24)22-21-16(3)18-11-10-17-6-4-5-7-19(17)13-18/h4-13,22H,1-3H3. The van der Waals surface area contributed by atoms with Gasteiger partial charge in [-0.05, 0) is 60.4 Å². The zero-order valence-electron chi connectivity index (χ0n) is 14.4. The summed E-state index contributed by atoms with van der Waals surface area (Å²) in [5.41, 5.74) is 3.07. The summed E-state index contributed by atoms with van der Waals surface area (Å²) in [6.45, 7) is 5.42. The van der Waals surface area contributed by atoms with E-state index in [4.69, 9.17) is 0 Å². The largest absolute Gasteiger partial charge is 0.276 e. The van der Waals surface area contributed by atoms with Crippen LogP contribution in [0.5, 0.6) is 0 Å². The molecule has 0 unspecified atom stereocenters. The van der Waals surface area contributed by atoms with Gasteiger partial charge in [0.25, 0.3) is 10.0 Å². The number of sulfonamides is 1. The van der Waals surface area contributed by atoms with E-state index < -0.39 is 10.0 Å². The molecule has 0 atom stereocenters. The van der Waals surface area contributed by atoms with Gasteiger partial charge in [-0.3, -0.25) is 0 Å². The minimum Gasteiger partial charge on any atom is -0.200 e. The Balaban J connectivity index is 1.90. The molecule has 0 saturated carbocycles. The highest BCUT2D eigenvalue weighted by molar-refractivity contribution is 7.89. The van der Waals surface area contributed by atoms with Gasteiger partial charge in [-0.15, -0.1) is 0 Å². The van der Waals surface area contributed by atoms with Crippen molar-refractivity contribution in [1.29, 1.82) is 0 Å². The van der Waals surface area contributed by atoms with Crippen LogP contribution in [0.4, 0.5) is 0 Å². The molecule has 5 heteroatoms. The fourth-order valence-corrected chi connectivity index (χ4v) is 3.84. The van der Waals surface area contributed by atoms with Crippen molar-refractivity contribution in [1.82, 2.24) is 4.83 Å². The van der Waals surface area contributed by atoms with Gasteiger partial charge in [0, 0.05) is 0 Å². The number of aryl methyl sites for hydroxylation is 2. The Morgan fingerprint density at radius 3 is 2.40 bits per heavy atom. The lowest BCUT2D eigenvalue weighted by Crippen LogP contribution is -2.21. The van der Waals surface area contributed by atoms with Gasteiger partial charge in [0.1, 0.15) is 0 Å². The molecule has 1 N–H and O–H groups in total. The van der Waals surface area contributed by atoms with Gasteiger partial charge in [-0.2, -0.15) is 18.4 Å². The summed E-state index contributed by atoms with van der Waals surface area (Å²) >= 11 is 0. The lowest BCUT2D eigenvalue weighted by Gasteiger charge is -2.09. The third kappa shape index (κ3) is 3.72. The molecule has 25 heavy (non-hydrogen) atoms. The molecule has 0 aliphatic rings. The van der Waals surface area contributed by atoms with Crippen molar-refractivity contribution in [2.45, 2.75) is 25.7 Å². The van der Waals surface area contributed by atoms with Gasteiger partial charge in [0.2, 0.25) is 0 Å². The van der Waals surface area contributed by atoms with Gasteiger partial charge >= 0.3 is 0 Å². The van der Waals surface area contributed by atoms with Crippen molar-refractivity contribution in [3.05, 3.63) is 77.4 Å². The first-order valence-corrected chi connectivity index (χ1v) is 9.48. The van der Waals surface area contributed by atoms with Crippen LogP contribution in [0.2, 0.25) is 0 Å². The Morgan fingerprint density at radius 2 is 1.64 bits per heavy atom. The van der Waals surface area contributed by atoms with Crippen molar-refractivity contribution < 1.29 is 8.42 Å². The van der Waals surface area contributed by atoms with Crippen LogP contribution in [0.15, 0.2) is 70.7 Å². The van der Waals surface area contributed by atoms with E-state index >= 15 is 0 Å². The number of fused-ring (bicyclic) bond motifs is 1. The highest BCUT2D eigenvalue weighted by Gasteiger charge is 2.16. The second kappa shape index (κ2) is 6.69. The van der Waals surface area contributed by atoms with E-state index in [-0.39, 0.29) is 4.90 Å². The molecule has 0 spiro atoms. The molecule has 0 aromatic heterocycles. The van der Waals surface area contributed by atoms with Crippen molar-refractivity contribution in [3.63, 3.8) is 0 Å². The van der Waals surface area contributed by atoms with E-state index in [0.717, 1.165) is 21.9 Å². The highest BCUT2D eigenvalue weighted by Crippen LogP contribution is 2.18. The van der Waals surface area contributed by atoms with Crippen LogP contribution in [0.3, 0.4) is 0 Å². The molecule has 4 nitrogen and oxygen atoms in total. The lowest BCUT2D eigenvalue weighted by atomic mass is 10.0. The number of hydrazone groups is 1. The minimum absolute atomic E-state index is 0.252. The molecule has 3 aromatic rings. The van der Waals surface area contributed by atoms with Crippen LogP contribution < -0.4 is 4.83 Å². The number of hydrogen-bond acceptors (Lipinski definition) is 3. The smallest absolute Gasteiger partial charge is 0.200 e. The molecule has 0 heterocycles. The molecule has 0 saturated heterocycles. The minimum atomic E-state index is -3.70. The molecule has 3 rings (SSSR count). The third-order valence-corrected chi connectivity index (χ3v) is 5.48. The lowest BCUT2D eigenvalue weighted by molar-refractivity contribution is 0.583. The first kappa shape index (κ1) is 17.2. The topological polar surface area (TPSA) is 58.5 Å². The number of nitrogens with zero attached hydrogens (tertiary/aromatic N) is 1. The van der Waals surface area contributed by atoms with Crippen LogP contribution in [-0.4, -0.2) is 14.1 Å². The van der Waals surface area contributed by atoms with Crippen LogP contribution in [-0.2, 0) is 10.0 Å². The van der Waals surface area contributed by atoms with Crippen molar-refractivity contribution in [2.24, 2.45) is 5.10 Å². The van der Waals surface area contributed by atoms with E-state index in [2.05, 4.69) is 9.93 Å². The van der Waals surface area contributed by atoms with Crippen molar-refractivity contribution in [2.75, 3.05) is 0 Å². The van der Waals surface area contributed by atoms with Gasteiger partial charge in [0.05, 0.1) is 10.6 Å². The Morgan fingerprint density at radius 1 is 0.920 bits per heavy atom. The summed E-state index contributed by atoms with van der Waals surface area (Å²) < 4.78 is 25.1. The zero-order chi connectivity index (χ0) is 18.0. The fourth-order valence-electron chi connectivity index (χ4n) is 2.65. The second-order valence-electron chi connectivity index (χ2n) is 6.12. The van der Waals surface area contributed by atoms with Gasteiger partial charge in [-0.1, -0.05) is 48.5 Å². The summed E-state index contributed by atoms with van der Waals surface area (Å²) in [6, 6.07) is 19.3. The van der Waals surface area contributed by atoms with Crippen LogP contribution in [0, 0.1) is 13.8 Å². The molecule has 0 amide bonds. The predicted octanol–water partition coefficient (Wildman–Crippen LogP) is 4.16. The maximum Gasteiger partial charge on any atom is 0.276 e. The normalized spacial score (nSPS) is 12.4. The van der Waals surface area contributed by atoms with Gasteiger partial charge in [-0.25, -0.2) is 0 Å². The van der Waals surface area contributed by atoms with E-state index in [1.165, 1.54) is 0 Å². The van der Waals surface area contributed by atoms with E-state index in [0.29, 0.717) is 11.3 Å². The van der Waals surface area contributed by atoms with E-state index in [9.17, 15) is 8.42 Å². The predicted molar refractivity (Wildman–Crippen MR) is 102 cm³/mol. The first-order valence-electron chi connectivity index (χ1n) is 7.99. The molecule has 0 bridgehead atoms. The number of benzene rings is 3. The zero-order valence-corrected chi connectivity index (χ0v) is 15.3. The summed E-state index contributed by atoms with van der Waals surface area (Å²) in [5, 5.41) is 6.32. The Bertz CT molecular complexity index is 1070. The number of rotatable bonds is 4. The highest BCUT2D eigenvalue weighted by atomic mass is 32.2. The van der Waals surface area contributed by atoms with Crippen molar-refractivity contribution in [3.8, 4) is 0 Å². The number of nitrogens with one attached hydrogen (secondary N) is 1. The Hall–Kier alpha value is -2.66. The third-order valence-electron chi connectivity index (χ3n) is 4.13. The SMILES string of the molecule is CC(=NNS(=O)(=O)c1cc(C)ccc1C)c1ccc2ccccc2c1. The van der Waals surface area contributed by atoms with Crippen molar-refractivity contribution >= 4 is 26.5 Å². The summed E-state index contributed by atoms with van der Waals surface area (Å²) in [7, 11) is -3.70. The van der Waals surface area contributed by atoms with Gasteiger partial charge in [0.15, 0.2) is 0 Å². The quantitative estimate of drug-likeness (QED) is 0.566. The van der Waals surface area contributed by atoms with E-state index in [1.54, 1.807) is 26.0 Å². The average Bonchev–Trinajstić information content (AvgIpc) is 2.61. The molecule has 128 valence electrons. The van der Waals surface area contributed by atoms with Gasteiger partial charge < -0.3 is 0 Å². The number of hydrogen-bond donors (Lipinski definition) is 1. The molecule has 0 radical (unpaired) electrons. The second-order valence-corrected chi connectivity index (χ2v) is 7.75. The monoisotopic (exact) mass is 352 g/mol. The summed E-state index contributed by atoms with van der Waals surface area (Å²) in [6.07, 6.45) is 0. The molecule has 0 aliphatic carbocycles. The Labute approximate surface area is 148 Å². The summed E-state index contributed by atoms with van der Waals surface area (Å²) in [4.78, 5) is 2.60. The molecular weight excluding hydrogens is 332 g/mol. The maximum absolute atomic E-state index is 12.5. The maximum atomic E-state index is 12.5. The Kier molecular flexibility index (Phi) is 4.59. The van der Waals surface area contributed by atoms with E-state index in [1.807, 2.05) is 55.5 Å². The summed E-state index contributed by atoms with van der Waals surface area (Å²) in [5.74, 6) is 0. The van der Waals surface area contributed by atoms with Crippen LogP contribution in [0.1, 0.15) is 23.6 Å². The fraction of sp³-hybridized carbons (Fsp3) is 0.150. The van der Waals surface area contributed by atoms with Crippen LogP contribution in [0.25, 0.3) is 10.8 Å². The molecule has 0 aliphatic heterocycles. The average molecular weight is 352 g/mol. The molecule has 3 aromatic carbocycles. The molecular formula is C20H20N2O2S. The molecule has 0 fully saturated rings. The van der Waals surface area contributed by atoms with Crippen LogP contribution >= 0.6 is 0 Å².